The Morgan fingerprint density at radius 2 is 2.10 bits per heavy atom. The summed E-state index contributed by atoms with van der Waals surface area (Å²) in [6, 6.07) is 3.41. The molecular formula is C15H21BrN2O2S. The van der Waals surface area contributed by atoms with E-state index in [0.29, 0.717) is 19.4 Å². The summed E-state index contributed by atoms with van der Waals surface area (Å²) < 4.78 is 1.09. The summed E-state index contributed by atoms with van der Waals surface area (Å²) >= 11 is 5.13. The van der Waals surface area contributed by atoms with Crippen molar-refractivity contribution >= 4 is 39.1 Å². The molecule has 1 aromatic heterocycles. The second kappa shape index (κ2) is 7.40. The largest absolute Gasteiger partial charge is 0.343 e. The zero-order valence-corrected chi connectivity index (χ0v) is 14.8. The van der Waals surface area contributed by atoms with Gasteiger partial charge in [-0.15, -0.1) is 11.3 Å². The van der Waals surface area contributed by atoms with E-state index in [0.717, 1.165) is 16.6 Å². The molecule has 1 aliphatic rings. The Morgan fingerprint density at radius 3 is 2.67 bits per heavy atom. The summed E-state index contributed by atoms with van der Waals surface area (Å²) in [5.41, 5.74) is 0. The average Bonchev–Trinajstić information content (AvgIpc) is 2.86. The number of carbonyl (C=O) groups is 2. The number of amides is 2. The molecule has 6 heteroatoms. The van der Waals surface area contributed by atoms with Crippen LogP contribution in [0.15, 0.2) is 15.9 Å². The van der Waals surface area contributed by atoms with Gasteiger partial charge in [-0.2, -0.15) is 0 Å². The number of piperazine rings is 1. The Morgan fingerprint density at radius 1 is 1.33 bits per heavy atom. The summed E-state index contributed by atoms with van der Waals surface area (Å²) in [6.45, 7) is 4.59. The highest BCUT2D eigenvalue weighted by Gasteiger charge is 2.38. The number of carbonyl (C=O) groups excluding carboxylic acids is 2. The van der Waals surface area contributed by atoms with Crippen molar-refractivity contribution in [3.8, 4) is 0 Å². The topological polar surface area (TPSA) is 49.4 Å². The molecule has 0 bridgehead atoms. The Bertz CT molecular complexity index is 518. The van der Waals surface area contributed by atoms with Gasteiger partial charge in [-0.3, -0.25) is 9.59 Å². The normalized spacial score (nSPS) is 22.5. The summed E-state index contributed by atoms with van der Waals surface area (Å²) in [5.74, 6) is 0.0573. The number of thiophene rings is 1. The summed E-state index contributed by atoms with van der Waals surface area (Å²) in [5, 5.41) is 2.87. The molecule has 21 heavy (non-hydrogen) atoms. The molecule has 4 nitrogen and oxygen atoms in total. The first-order valence-electron chi connectivity index (χ1n) is 7.41. The molecule has 2 heterocycles. The van der Waals surface area contributed by atoms with Crippen molar-refractivity contribution < 1.29 is 9.59 Å². The number of rotatable bonds is 6. The van der Waals surface area contributed by atoms with Gasteiger partial charge in [0.2, 0.25) is 11.8 Å². The van der Waals surface area contributed by atoms with E-state index in [1.54, 1.807) is 16.2 Å². The van der Waals surface area contributed by atoms with Crippen LogP contribution in [0, 0.1) is 0 Å². The zero-order valence-electron chi connectivity index (χ0n) is 12.4. The van der Waals surface area contributed by atoms with Gasteiger partial charge in [-0.25, -0.2) is 0 Å². The first kappa shape index (κ1) is 16.5. The zero-order chi connectivity index (χ0) is 15.4. The lowest BCUT2D eigenvalue weighted by atomic mass is 10.0. The van der Waals surface area contributed by atoms with E-state index in [1.807, 2.05) is 19.9 Å². The van der Waals surface area contributed by atoms with Crippen LogP contribution in [0.3, 0.4) is 0 Å². The second-order valence-corrected chi connectivity index (χ2v) is 7.81. The number of halogens is 1. The summed E-state index contributed by atoms with van der Waals surface area (Å²) in [4.78, 5) is 27.7. The maximum atomic E-state index is 12.6. The van der Waals surface area contributed by atoms with Crippen molar-refractivity contribution in [2.75, 3.05) is 6.54 Å². The van der Waals surface area contributed by atoms with Gasteiger partial charge in [0.05, 0.1) is 3.79 Å². The van der Waals surface area contributed by atoms with E-state index in [4.69, 9.17) is 0 Å². The van der Waals surface area contributed by atoms with Crippen LogP contribution in [0.25, 0.3) is 0 Å². The van der Waals surface area contributed by atoms with Crippen LogP contribution >= 0.6 is 27.3 Å². The van der Waals surface area contributed by atoms with E-state index >= 15 is 0 Å². The minimum atomic E-state index is -0.347. The minimum absolute atomic E-state index is 0.0112. The monoisotopic (exact) mass is 372 g/mol. The van der Waals surface area contributed by atoms with Crippen molar-refractivity contribution in [2.24, 2.45) is 0 Å². The quantitative estimate of drug-likeness (QED) is 0.834. The highest BCUT2D eigenvalue weighted by atomic mass is 79.9. The van der Waals surface area contributed by atoms with Crippen LogP contribution in [-0.2, 0) is 16.0 Å². The van der Waals surface area contributed by atoms with E-state index in [2.05, 4.69) is 27.3 Å². The molecule has 1 N–H and O–H groups in total. The highest BCUT2D eigenvalue weighted by Crippen LogP contribution is 2.23. The van der Waals surface area contributed by atoms with Crippen LogP contribution in [0.4, 0.5) is 0 Å². The Kier molecular flexibility index (Phi) is 5.81. The van der Waals surface area contributed by atoms with Gasteiger partial charge in [0, 0.05) is 11.4 Å². The maximum Gasteiger partial charge on any atom is 0.245 e. The SMILES string of the molecule is CCCC1NC(=O)C(CC)N(CCc2ccc(Br)s2)C1=O. The second-order valence-electron chi connectivity index (χ2n) is 5.26. The van der Waals surface area contributed by atoms with Gasteiger partial charge in [0.25, 0.3) is 0 Å². The summed E-state index contributed by atoms with van der Waals surface area (Å²) in [6.07, 6.45) is 3.05. The first-order valence-corrected chi connectivity index (χ1v) is 9.02. The average molecular weight is 373 g/mol. The Hall–Kier alpha value is -0.880. The molecule has 116 valence electrons. The van der Waals surface area contributed by atoms with E-state index in [9.17, 15) is 9.59 Å². The molecule has 0 aromatic carbocycles. The lowest BCUT2D eigenvalue weighted by Crippen LogP contribution is -2.63. The van der Waals surface area contributed by atoms with Crippen molar-refractivity contribution in [1.82, 2.24) is 10.2 Å². The fourth-order valence-electron chi connectivity index (χ4n) is 2.70. The third kappa shape index (κ3) is 3.86. The van der Waals surface area contributed by atoms with Gasteiger partial charge in [-0.1, -0.05) is 20.3 Å². The molecule has 1 aromatic rings. The van der Waals surface area contributed by atoms with Crippen LogP contribution in [-0.4, -0.2) is 35.3 Å². The lowest BCUT2D eigenvalue weighted by Gasteiger charge is -2.38. The Labute approximate surface area is 138 Å². The minimum Gasteiger partial charge on any atom is -0.343 e. The van der Waals surface area contributed by atoms with Crippen LogP contribution < -0.4 is 5.32 Å². The molecule has 2 atom stereocenters. The van der Waals surface area contributed by atoms with Crippen molar-refractivity contribution in [3.63, 3.8) is 0 Å². The van der Waals surface area contributed by atoms with Gasteiger partial charge in [-0.05, 0) is 47.3 Å². The standard InChI is InChI=1S/C15H21BrN2O2S/c1-3-5-11-15(20)18(12(4-2)14(19)17-11)9-8-10-6-7-13(16)21-10/h6-7,11-12H,3-5,8-9H2,1-2H3,(H,17,19). The third-order valence-electron chi connectivity index (χ3n) is 3.77. The smallest absolute Gasteiger partial charge is 0.245 e. The molecule has 0 aliphatic carbocycles. The van der Waals surface area contributed by atoms with Crippen molar-refractivity contribution in [2.45, 2.75) is 51.6 Å². The number of nitrogens with one attached hydrogen (secondary N) is 1. The van der Waals surface area contributed by atoms with Gasteiger partial charge >= 0.3 is 0 Å². The van der Waals surface area contributed by atoms with Gasteiger partial charge in [0.1, 0.15) is 12.1 Å². The molecule has 2 rings (SSSR count). The van der Waals surface area contributed by atoms with Gasteiger partial charge < -0.3 is 10.2 Å². The third-order valence-corrected chi connectivity index (χ3v) is 5.45. The number of nitrogens with zero attached hydrogens (tertiary/aromatic N) is 1. The molecule has 0 spiro atoms. The van der Waals surface area contributed by atoms with E-state index in [1.165, 1.54) is 4.88 Å². The molecular weight excluding hydrogens is 352 g/mol. The molecule has 1 fully saturated rings. The van der Waals surface area contributed by atoms with Crippen LogP contribution in [0.5, 0.6) is 0 Å². The lowest BCUT2D eigenvalue weighted by molar-refractivity contribution is -0.149. The molecule has 1 aliphatic heterocycles. The number of hydrogen-bond acceptors (Lipinski definition) is 3. The molecule has 0 saturated carbocycles. The van der Waals surface area contributed by atoms with Crippen molar-refractivity contribution in [3.05, 3.63) is 20.8 Å². The molecule has 2 unspecified atom stereocenters. The predicted molar refractivity (Wildman–Crippen MR) is 88.4 cm³/mol. The molecule has 2 amide bonds. The highest BCUT2D eigenvalue weighted by molar-refractivity contribution is 9.11. The molecule has 1 saturated heterocycles. The molecule has 0 radical (unpaired) electrons. The van der Waals surface area contributed by atoms with E-state index in [-0.39, 0.29) is 23.9 Å². The maximum absolute atomic E-state index is 12.6. The van der Waals surface area contributed by atoms with Crippen LogP contribution in [0.2, 0.25) is 0 Å². The van der Waals surface area contributed by atoms with Gasteiger partial charge in [0.15, 0.2) is 0 Å². The predicted octanol–water partition coefficient (Wildman–Crippen LogP) is 2.96. The van der Waals surface area contributed by atoms with Crippen LogP contribution in [0.1, 0.15) is 38.0 Å². The Balaban J connectivity index is 2.07. The fourth-order valence-corrected chi connectivity index (χ4v) is 4.17. The first-order chi connectivity index (χ1) is 10.1. The number of hydrogen-bond donors (Lipinski definition) is 1. The van der Waals surface area contributed by atoms with E-state index < -0.39 is 0 Å². The summed E-state index contributed by atoms with van der Waals surface area (Å²) in [7, 11) is 0. The fraction of sp³-hybridized carbons (Fsp3) is 0.600. The van der Waals surface area contributed by atoms with Crippen molar-refractivity contribution in [1.29, 1.82) is 0 Å².